The molecule has 2 aliphatic heterocycles. The van der Waals surface area contributed by atoms with Gasteiger partial charge in [0.1, 0.15) is 0 Å². The van der Waals surface area contributed by atoms with Gasteiger partial charge in [0.25, 0.3) is 0 Å². The normalized spacial score (nSPS) is 48.2. The molecule has 1 aliphatic carbocycles. The van der Waals surface area contributed by atoms with Crippen LogP contribution in [-0.2, 0) is 0 Å². The van der Waals surface area contributed by atoms with E-state index in [1.54, 1.807) is 0 Å². The van der Waals surface area contributed by atoms with E-state index in [9.17, 15) is 5.11 Å². The Kier molecular flexibility index (Phi) is 1.50. The first-order chi connectivity index (χ1) is 5.84. The Balaban J connectivity index is 1.78. The Bertz CT molecular complexity index is 176. The third-order valence-electron chi connectivity index (χ3n) is 3.73. The van der Waals surface area contributed by atoms with E-state index in [4.69, 9.17) is 0 Å². The number of hydrogen-bond donors (Lipinski definition) is 1. The van der Waals surface area contributed by atoms with Gasteiger partial charge in [0.15, 0.2) is 0 Å². The Morgan fingerprint density at radius 2 is 1.33 bits per heavy atom. The van der Waals surface area contributed by atoms with E-state index in [0.717, 1.165) is 31.0 Å². The largest absolute Gasteiger partial charge is 0.393 e. The monoisotopic (exact) mass is 167 g/mol. The first kappa shape index (κ1) is 7.34. The highest BCUT2D eigenvalue weighted by Crippen LogP contribution is 2.43. The predicted molar refractivity (Wildman–Crippen MR) is 46.9 cm³/mol. The molecule has 0 radical (unpaired) electrons. The van der Waals surface area contributed by atoms with Gasteiger partial charge in [-0.05, 0) is 38.5 Å². The summed E-state index contributed by atoms with van der Waals surface area (Å²) in [6, 6.07) is 2.40. The number of aliphatic hydroxyl groups is 1. The summed E-state index contributed by atoms with van der Waals surface area (Å²) in [5, 5.41) is 9.58. The molecule has 3 rings (SSSR count). The van der Waals surface area contributed by atoms with E-state index in [-0.39, 0.29) is 6.10 Å². The number of piperidine rings is 1. The third kappa shape index (κ3) is 1.01. The summed E-state index contributed by atoms with van der Waals surface area (Å²) in [4.78, 5) is 2.72. The van der Waals surface area contributed by atoms with Crippen LogP contribution in [0.25, 0.3) is 0 Å². The minimum absolute atomic E-state index is 0.0116. The SMILES string of the molecule is OC1CC2CCC(C1)N2C1CC1. The van der Waals surface area contributed by atoms with Crippen molar-refractivity contribution in [3.63, 3.8) is 0 Å². The van der Waals surface area contributed by atoms with Crippen LogP contribution in [0.3, 0.4) is 0 Å². The fraction of sp³-hybridized carbons (Fsp3) is 1.00. The quantitative estimate of drug-likeness (QED) is 0.633. The maximum Gasteiger partial charge on any atom is 0.0570 e. The van der Waals surface area contributed by atoms with Crippen LogP contribution in [0.2, 0.25) is 0 Å². The topological polar surface area (TPSA) is 23.5 Å². The van der Waals surface area contributed by atoms with Gasteiger partial charge in [0, 0.05) is 18.1 Å². The molecule has 2 heteroatoms. The first-order valence-corrected chi connectivity index (χ1v) is 5.30. The second-order valence-electron chi connectivity index (χ2n) is 4.69. The molecular weight excluding hydrogens is 150 g/mol. The van der Waals surface area contributed by atoms with Gasteiger partial charge in [-0.2, -0.15) is 0 Å². The minimum Gasteiger partial charge on any atom is -0.393 e. The van der Waals surface area contributed by atoms with Gasteiger partial charge < -0.3 is 5.11 Å². The average molecular weight is 167 g/mol. The number of aliphatic hydroxyl groups excluding tert-OH is 1. The Morgan fingerprint density at radius 3 is 1.83 bits per heavy atom. The molecule has 2 nitrogen and oxygen atoms in total. The van der Waals surface area contributed by atoms with Gasteiger partial charge in [0.05, 0.1) is 6.10 Å². The van der Waals surface area contributed by atoms with E-state index in [2.05, 4.69) is 4.90 Å². The molecule has 1 saturated carbocycles. The van der Waals surface area contributed by atoms with Crippen molar-refractivity contribution in [2.24, 2.45) is 0 Å². The summed E-state index contributed by atoms with van der Waals surface area (Å²) in [6.45, 7) is 0. The summed E-state index contributed by atoms with van der Waals surface area (Å²) in [5.41, 5.74) is 0. The van der Waals surface area contributed by atoms with Crippen LogP contribution in [0.5, 0.6) is 0 Å². The van der Waals surface area contributed by atoms with Gasteiger partial charge in [0.2, 0.25) is 0 Å². The molecule has 2 atom stereocenters. The zero-order valence-corrected chi connectivity index (χ0v) is 7.45. The number of fused-ring (bicyclic) bond motifs is 2. The van der Waals surface area contributed by atoms with Crippen molar-refractivity contribution in [1.29, 1.82) is 0 Å². The van der Waals surface area contributed by atoms with E-state index < -0.39 is 0 Å². The zero-order valence-electron chi connectivity index (χ0n) is 7.45. The van der Waals surface area contributed by atoms with Crippen molar-refractivity contribution in [3.05, 3.63) is 0 Å². The average Bonchev–Trinajstić information content (AvgIpc) is 2.80. The van der Waals surface area contributed by atoms with Crippen LogP contribution < -0.4 is 0 Å². The first-order valence-electron chi connectivity index (χ1n) is 5.30. The highest BCUT2D eigenvalue weighted by Gasteiger charge is 2.46. The molecule has 1 N–H and O–H groups in total. The molecule has 2 heterocycles. The zero-order chi connectivity index (χ0) is 8.13. The van der Waals surface area contributed by atoms with Crippen LogP contribution in [0.1, 0.15) is 38.5 Å². The number of hydrogen-bond acceptors (Lipinski definition) is 2. The fourth-order valence-electron chi connectivity index (χ4n) is 3.15. The number of rotatable bonds is 1. The van der Waals surface area contributed by atoms with E-state index >= 15 is 0 Å². The Labute approximate surface area is 73.6 Å². The summed E-state index contributed by atoms with van der Waals surface area (Å²) in [6.07, 6.45) is 7.64. The lowest BCUT2D eigenvalue weighted by Crippen LogP contribution is -2.45. The van der Waals surface area contributed by atoms with Crippen molar-refractivity contribution in [2.75, 3.05) is 0 Å². The molecule has 3 aliphatic rings. The smallest absolute Gasteiger partial charge is 0.0570 e. The second kappa shape index (κ2) is 2.46. The van der Waals surface area contributed by atoms with Crippen molar-refractivity contribution in [2.45, 2.75) is 62.8 Å². The Morgan fingerprint density at radius 1 is 0.833 bits per heavy atom. The van der Waals surface area contributed by atoms with Gasteiger partial charge in [-0.1, -0.05) is 0 Å². The molecular formula is C10H17NO. The molecule has 0 amide bonds. The van der Waals surface area contributed by atoms with Crippen LogP contribution in [0, 0.1) is 0 Å². The standard InChI is InChI=1S/C10H17NO/c12-10-5-8-3-4-9(6-10)11(8)7-1-2-7/h7-10,12H,1-6H2. The predicted octanol–water partition coefficient (Wildman–Crippen LogP) is 1.14. The van der Waals surface area contributed by atoms with Crippen molar-refractivity contribution >= 4 is 0 Å². The van der Waals surface area contributed by atoms with Crippen LogP contribution >= 0.6 is 0 Å². The molecule has 2 unspecified atom stereocenters. The third-order valence-corrected chi connectivity index (χ3v) is 3.73. The molecule has 68 valence electrons. The lowest BCUT2D eigenvalue weighted by molar-refractivity contribution is 0.0309. The van der Waals surface area contributed by atoms with Gasteiger partial charge >= 0.3 is 0 Å². The molecule has 0 aromatic heterocycles. The molecule has 3 fully saturated rings. The highest BCUT2D eigenvalue weighted by molar-refractivity contribution is 5.01. The second-order valence-corrected chi connectivity index (χ2v) is 4.69. The molecule has 2 bridgehead atoms. The molecule has 0 aromatic rings. The van der Waals surface area contributed by atoms with Crippen LogP contribution in [0.15, 0.2) is 0 Å². The molecule has 0 spiro atoms. The van der Waals surface area contributed by atoms with Crippen LogP contribution in [0.4, 0.5) is 0 Å². The lowest BCUT2D eigenvalue weighted by atomic mass is 10.00. The van der Waals surface area contributed by atoms with E-state index in [1.807, 2.05) is 0 Å². The molecule has 12 heavy (non-hydrogen) atoms. The van der Waals surface area contributed by atoms with Crippen molar-refractivity contribution in [3.8, 4) is 0 Å². The van der Waals surface area contributed by atoms with E-state index in [0.29, 0.717) is 0 Å². The highest BCUT2D eigenvalue weighted by atomic mass is 16.3. The molecule has 2 saturated heterocycles. The van der Waals surface area contributed by atoms with Gasteiger partial charge in [-0.3, -0.25) is 4.90 Å². The summed E-state index contributed by atoms with van der Waals surface area (Å²) < 4.78 is 0. The minimum atomic E-state index is 0.0116. The van der Waals surface area contributed by atoms with E-state index in [1.165, 1.54) is 25.7 Å². The van der Waals surface area contributed by atoms with Gasteiger partial charge in [-0.25, -0.2) is 0 Å². The number of nitrogens with zero attached hydrogens (tertiary/aromatic N) is 1. The fourth-order valence-corrected chi connectivity index (χ4v) is 3.15. The van der Waals surface area contributed by atoms with Crippen LogP contribution in [-0.4, -0.2) is 34.2 Å². The summed E-state index contributed by atoms with van der Waals surface area (Å²) in [5.74, 6) is 0. The summed E-state index contributed by atoms with van der Waals surface area (Å²) >= 11 is 0. The summed E-state index contributed by atoms with van der Waals surface area (Å²) in [7, 11) is 0. The Hall–Kier alpha value is -0.0800. The molecule has 0 aromatic carbocycles. The maximum absolute atomic E-state index is 9.58. The lowest BCUT2D eigenvalue weighted by Gasteiger charge is -2.37. The van der Waals surface area contributed by atoms with Crippen molar-refractivity contribution in [1.82, 2.24) is 4.90 Å². The van der Waals surface area contributed by atoms with Crippen molar-refractivity contribution < 1.29 is 5.11 Å². The van der Waals surface area contributed by atoms with Gasteiger partial charge in [-0.15, -0.1) is 0 Å². The maximum atomic E-state index is 9.58.